The van der Waals surface area contributed by atoms with E-state index in [1.807, 2.05) is 17.0 Å². The SMILES string of the molecule is COCCCN1C(=O)c2[nH]nc(-c3ccccc3O)c2[C@@H]1c1ccc(C(C)C)cc1. The number of amides is 1. The summed E-state index contributed by atoms with van der Waals surface area (Å²) in [5, 5.41) is 17.7. The Morgan fingerprint density at radius 2 is 1.90 bits per heavy atom. The van der Waals surface area contributed by atoms with Crippen molar-refractivity contribution in [3.63, 3.8) is 0 Å². The molecule has 2 N–H and O–H groups in total. The summed E-state index contributed by atoms with van der Waals surface area (Å²) in [5.41, 5.74) is 4.82. The van der Waals surface area contributed by atoms with E-state index in [0.29, 0.717) is 36.0 Å². The van der Waals surface area contributed by atoms with E-state index in [-0.39, 0.29) is 17.7 Å². The van der Waals surface area contributed by atoms with Gasteiger partial charge in [0.15, 0.2) is 0 Å². The van der Waals surface area contributed by atoms with Crippen LogP contribution in [0.3, 0.4) is 0 Å². The molecule has 0 unspecified atom stereocenters. The first-order chi connectivity index (χ1) is 14.5. The minimum Gasteiger partial charge on any atom is -0.507 e. The molecule has 6 nitrogen and oxygen atoms in total. The minimum atomic E-state index is -0.265. The number of para-hydroxylation sites is 1. The van der Waals surface area contributed by atoms with Gasteiger partial charge >= 0.3 is 0 Å². The molecule has 2 aromatic carbocycles. The van der Waals surface area contributed by atoms with Gasteiger partial charge in [0.25, 0.3) is 5.91 Å². The van der Waals surface area contributed by atoms with Crippen molar-refractivity contribution in [2.75, 3.05) is 20.3 Å². The molecule has 1 amide bonds. The third-order valence-electron chi connectivity index (χ3n) is 5.69. The van der Waals surface area contributed by atoms with Crippen LogP contribution in [0.15, 0.2) is 48.5 Å². The molecule has 2 heterocycles. The third kappa shape index (κ3) is 3.48. The fraction of sp³-hybridized carbons (Fsp3) is 0.333. The quantitative estimate of drug-likeness (QED) is 0.568. The molecule has 1 aromatic heterocycles. The Morgan fingerprint density at radius 1 is 1.17 bits per heavy atom. The second-order valence-electron chi connectivity index (χ2n) is 7.95. The second-order valence-corrected chi connectivity index (χ2v) is 7.95. The van der Waals surface area contributed by atoms with E-state index in [9.17, 15) is 9.90 Å². The predicted octanol–water partition coefficient (Wildman–Crippen LogP) is 4.49. The van der Waals surface area contributed by atoms with Crippen LogP contribution in [0.1, 0.15) is 59.4 Å². The van der Waals surface area contributed by atoms with Crippen LogP contribution in [0.25, 0.3) is 11.3 Å². The lowest BCUT2D eigenvalue weighted by Gasteiger charge is -2.26. The van der Waals surface area contributed by atoms with E-state index in [4.69, 9.17) is 4.74 Å². The van der Waals surface area contributed by atoms with Crippen LogP contribution in [0.4, 0.5) is 0 Å². The maximum Gasteiger partial charge on any atom is 0.273 e. The van der Waals surface area contributed by atoms with Gasteiger partial charge in [0.2, 0.25) is 0 Å². The Kier molecular flexibility index (Phi) is 5.59. The van der Waals surface area contributed by atoms with Crippen molar-refractivity contribution in [3.05, 3.63) is 70.9 Å². The number of carbonyl (C=O) groups excluding carboxylic acids is 1. The van der Waals surface area contributed by atoms with E-state index in [2.05, 4.69) is 48.3 Å². The molecule has 1 atom stereocenters. The van der Waals surface area contributed by atoms with Gasteiger partial charge < -0.3 is 14.7 Å². The maximum atomic E-state index is 13.2. The fourth-order valence-electron chi connectivity index (χ4n) is 4.10. The van der Waals surface area contributed by atoms with Gasteiger partial charge in [-0.2, -0.15) is 5.10 Å². The first kappa shape index (κ1) is 20.2. The smallest absolute Gasteiger partial charge is 0.273 e. The lowest BCUT2D eigenvalue weighted by molar-refractivity contribution is 0.0723. The van der Waals surface area contributed by atoms with Gasteiger partial charge in [0.1, 0.15) is 17.1 Å². The number of ether oxygens (including phenoxy) is 1. The molecule has 1 aliphatic rings. The Morgan fingerprint density at radius 3 is 2.57 bits per heavy atom. The number of rotatable bonds is 7. The van der Waals surface area contributed by atoms with Crippen molar-refractivity contribution in [1.82, 2.24) is 15.1 Å². The van der Waals surface area contributed by atoms with Gasteiger partial charge in [-0.25, -0.2) is 0 Å². The first-order valence-corrected chi connectivity index (χ1v) is 10.3. The van der Waals surface area contributed by atoms with E-state index in [1.165, 1.54) is 5.56 Å². The zero-order valence-electron chi connectivity index (χ0n) is 17.6. The van der Waals surface area contributed by atoms with Gasteiger partial charge in [-0.15, -0.1) is 0 Å². The molecule has 156 valence electrons. The van der Waals surface area contributed by atoms with Crippen molar-refractivity contribution in [1.29, 1.82) is 0 Å². The van der Waals surface area contributed by atoms with Crippen LogP contribution in [0, 0.1) is 0 Å². The normalized spacial score (nSPS) is 15.8. The molecule has 0 saturated carbocycles. The molecular formula is C24H27N3O3. The van der Waals surface area contributed by atoms with Crippen LogP contribution in [-0.4, -0.2) is 46.4 Å². The molecule has 0 radical (unpaired) electrons. The number of H-pyrrole nitrogens is 1. The molecule has 1 aliphatic heterocycles. The van der Waals surface area contributed by atoms with Crippen molar-refractivity contribution >= 4 is 5.91 Å². The summed E-state index contributed by atoms with van der Waals surface area (Å²) < 4.78 is 5.20. The first-order valence-electron chi connectivity index (χ1n) is 10.3. The number of aromatic hydroxyl groups is 1. The van der Waals surface area contributed by atoms with Crippen molar-refractivity contribution in [3.8, 4) is 17.0 Å². The summed E-state index contributed by atoms with van der Waals surface area (Å²) in [4.78, 5) is 15.1. The Labute approximate surface area is 176 Å². The zero-order chi connectivity index (χ0) is 21.3. The molecule has 0 bridgehead atoms. The Balaban J connectivity index is 1.81. The molecule has 4 rings (SSSR count). The molecule has 3 aromatic rings. The number of nitrogens with zero attached hydrogens (tertiary/aromatic N) is 2. The average molecular weight is 405 g/mol. The molecule has 6 heteroatoms. The summed E-state index contributed by atoms with van der Waals surface area (Å²) in [6.07, 6.45) is 0.743. The summed E-state index contributed by atoms with van der Waals surface area (Å²) in [6.45, 7) is 5.48. The standard InChI is InChI=1S/C24H27N3O3/c1-15(2)16-9-11-17(12-10-16)23-20-21(18-7-4-5-8-19(18)28)25-26-22(20)24(29)27(23)13-6-14-30-3/h4-5,7-12,15,23,28H,6,13-14H2,1-3H3,(H,25,26)/t23-/m0/s1. The Hall–Kier alpha value is -3.12. The number of phenols is 1. The number of phenolic OH excluding ortho intramolecular Hbond substituents is 1. The zero-order valence-corrected chi connectivity index (χ0v) is 17.6. The van der Waals surface area contributed by atoms with E-state index in [0.717, 1.165) is 17.5 Å². The highest BCUT2D eigenvalue weighted by atomic mass is 16.5. The van der Waals surface area contributed by atoms with Crippen LogP contribution in [-0.2, 0) is 4.74 Å². The molecule has 30 heavy (non-hydrogen) atoms. The molecule has 0 fully saturated rings. The van der Waals surface area contributed by atoms with Gasteiger partial charge in [0, 0.05) is 31.4 Å². The van der Waals surface area contributed by atoms with Crippen LogP contribution >= 0.6 is 0 Å². The number of benzene rings is 2. The number of fused-ring (bicyclic) bond motifs is 1. The lowest BCUT2D eigenvalue weighted by Crippen LogP contribution is -2.31. The molecule has 0 spiro atoms. The van der Waals surface area contributed by atoms with Crippen molar-refractivity contribution < 1.29 is 14.6 Å². The number of aromatic nitrogens is 2. The van der Waals surface area contributed by atoms with E-state index in [1.54, 1.807) is 19.2 Å². The van der Waals surface area contributed by atoms with Crippen molar-refractivity contribution in [2.45, 2.75) is 32.2 Å². The monoisotopic (exact) mass is 405 g/mol. The number of hydrogen-bond donors (Lipinski definition) is 2. The van der Waals surface area contributed by atoms with Crippen LogP contribution in [0.5, 0.6) is 5.75 Å². The third-order valence-corrected chi connectivity index (χ3v) is 5.69. The Bertz CT molecular complexity index is 1040. The molecular weight excluding hydrogens is 378 g/mol. The topological polar surface area (TPSA) is 78.5 Å². The number of carbonyl (C=O) groups is 1. The van der Waals surface area contributed by atoms with Gasteiger partial charge in [-0.05, 0) is 35.6 Å². The van der Waals surface area contributed by atoms with Crippen LogP contribution < -0.4 is 0 Å². The summed E-state index contributed by atoms with van der Waals surface area (Å²) in [7, 11) is 1.66. The van der Waals surface area contributed by atoms with Gasteiger partial charge in [-0.1, -0.05) is 50.2 Å². The number of hydrogen-bond acceptors (Lipinski definition) is 4. The summed E-state index contributed by atoms with van der Waals surface area (Å²) in [6, 6.07) is 15.2. The predicted molar refractivity (Wildman–Crippen MR) is 116 cm³/mol. The maximum absolute atomic E-state index is 13.2. The minimum absolute atomic E-state index is 0.0757. The van der Waals surface area contributed by atoms with Gasteiger partial charge in [-0.3, -0.25) is 9.89 Å². The highest BCUT2D eigenvalue weighted by Crippen LogP contribution is 2.44. The number of nitrogens with one attached hydrogen (secondary N) is 1. The van der Waals surface area contributed by atoms with E-state index >= 15 is 0 Å². The largest absolute Gasteiger partial charge is 0.507 e. The summed E-state index contributed by atoms with van der Waals surface area (Å²) >= 11 is 0. The van der Waals surface area contributed by atoms with E-state index < -0.39 is 0 Å². The van der Waals surface area contributed by atoms with Gasteiger partial charge in [0.05, 0.1) is 6.04 Å². The average Bonchev–Trinajstić information content (AvgIpc) is 3.28. The number of aromatic amines is 1. The van der Waals surface area contributed by atoms with Crippen LogP contribution in [0.2, 0.25) is 0 Å². The highest BCUT2D eigenvalue weighted by Gasteiger charge is 2.42. The second kappa shape index (κ2) is 8.32. The summed E-state index contributed by atoms with van der Waals surface area (Å²) in [5.74, 6) is 0.502. The highest BCUT2D eigenvalue weighted by molar-refractivity contribution is 6.00. The fourth-order valence-corrected chi connectivity index (χ4v) is 4.10. The molecule has 0 aliphatic carbocycles. The van der Waals surface area contributed by atoms with Crippen molar-refractivity contribution in [2.24, 2.45) is 0 Å². The number of methoxy groups -OCH3 is 1. The molecule has 0 saturated heterocycles. The lowest BCUT2D eigenvalue weighted by atomic mass is 9.93.